The van der Waals surface area contributed by atoms with Crippen LogP contribution in [0.1, 0.15) is 33.6 Å². The normalized spacial score (nSPS) is 32.1. The molecule has 0 aromatic heterocycles. The average Bonchev–Trinajstić information content (AvgIpc) is 2.42. The van der Waals surface area contributed by atoms with E-state index in [1.807, 2.05) is 25.7 Å². The Bertz CT molecular complexity index is 296. The van der Waals surface area contributed by atoms with Crippen LogP contribution in [0.4, 0.5) is 0 Å². The molecule has 16 heavy (non-hydrogen) atoms. The molecule has 1 amide bonds. The zero-order valence-electron chi connectivity index (χ0n) is 10.6. The molecular weight excluding hydrogens is 224 g/mol. The fraction of sp³-hybridized carbons (Fsp3) is 0.909. The molecule has 5 heteroatoms. The first-order valence-corrected chi connectivity index (χ1v) is 7.52. The molecule has 0 spiro atoms. The average molecular weight is 246 g/mol. The number of hydrogen-bond donors (Lipinski definition) is 1. The molecule has 0 bridgehead atoms. The van der Waals surface area contributed by atoms with Gasteiger partial charge in [-0.25, -0.2) is 0 Å². The lowest BCUT2D eigenvalue weighted by molar-refractivity contribution is -0.132. The summed E-state index contributed by atoms with van der Waals surface area (Å²) in [6, 6.07) is 0. The third kappa shape index (κ3) is 2.83. The Morgan fingerprint density at radius 2 is 2.19 bits per heavy atom. The Hall–Kier alpha value is -0.420. The summed E-state index contributed by atoms with van der Waals surface area (Å²) in [6.45, 7) is 6.66. The van der Waals surface area contributed by atoms with E-state index in [-0.39, 0.29) is 12.1 Å². The van der Waals surface area contributed by atoms with Crippen molar-refractivity contribution in [1.29, 1.82) is 0 Å². The van der Waals surface area contributed by atoms with Crippen LogP contribution in [0.15, 0.2) is 0 Å². The van der Waals surface area contributed by atoms with Gasteiger partial charge in [0.2, 0.25) is 5.91 Å². The van der Waals surface area contributed by atoms with Gasteiger partial charge in [-0.1, -0.05) is 6.92 Å². The highest BCUT2D eigenvalue weighted by Crippen LogP contribution is 2.23. The van der Waals surface area contributed by atoms with Crippen molar-refractivity contribution in [3.8, 4) is 0 Å². The molecule has 4 nitrogen and oxygen atoms in total. The van der Waals surface area contributed by atoms with Gasteiger partial charge in [0.1, 0.15) is 0 Å². The summed E-state index contributed by atoms with van der Waals surface area (Å²) in [5.74, 6) is 0.837. The lowest BCUT2D eigenvalue weighted by Crippen LogP contribution is -2.43. The van der Waals surface area contributed by atoms with Gasteiger partial charge in [-0.3, -0.25) is 14.3 Å². The lowest BCUT2D eigenvalue weighted by Gasteiger charge is -2.21. The second kappa shape index (κ2) is 5.27. The van der Waals surface area contributed by atoms with Crippen LogP contribution in [0.5, 0.6) is 0 Å². The SMILES string of the molecule is CCC1(C)NC(C)N(CCCS(C)=O)C1=O. The van der Waals surface area contributed by atoms with Gasteiger partial charge in [-0.05, 0) is 26.7 Å². The number of carbonyl (C=O) groups is 1. The summed E-state index contributed by atoms with van der Waals surface area (Å²) in [6.07, 6.45) is 3.39. The molecule has 1 saturated heterocycles. The molecule has 0 aromatic rings. The molecule has 3 unspecified atom stereocenters. The second-order valence-electron chi connectivity index (χ2n) is 4.64. The smallest absolute Gasteiger partial charge is 0.243 e. The van der Waals surface area contributed by atoms with E-state index in [0.29, 0.717) is 12.3 Å². The van der Waals surface area contributed by atoms with Crippen LogP contribution in [0.25, 0.3) is 0 Å². The first kappa shape index (κ1) is 13.6. The number of amides is 1. The zero-order valence-corrected chi connectivity index (χ0v) is 11.4. The largest absolute Gasteiger partial charge is 0.326 e. The third-order valence-corrected chi connectivity index (χ3v) is 4.13. The fourth-order valence-corrected chi connectivity index (χ4v) is 2.62. The van der Waals surface area contributed by atoms with Crippen molar-refractivity contribution in [3.05, 3.63) is 0 Å². The van der Waals surface area contributed by atoms with E-state index in [4.69, 9.17) is 0 Å². The third-order valence-electron chi connectivity index (χ3n) is 3.27. The number of nitrogens with one attached hydrogen (secondary N) is 1. The van der Waals surface area contributed by atoms with Gasteiger partial charge in [0.05, 0.1) is 11.7 Å². The minimum Gasteiger partial charge on any atom is -0.326 e. The van der Waals surface area contributed by atoms with Crippen molar-refractivity contribution in [1.82, 2.24) is 10.2 Å². The molecule has 1 aliphatic heterocycles. The summed E-state index contributed by atoms with van der Waals surface area (Å²) >= 11 is 0. The predicted octanol–water partition coefficient (Wildman–Crippen LogP) is 0.702. The van der Waals surface area contributed by atoms with Gasteiger partial charge in [0, 0.05) is 29.4 Å². The lowest BCUT2D eigenvalue weighted by atomic mass is 9.99. The Morgan fingerprint density at radius 1 is 1.56 bits per heavy atom. The maximum absolute atomic E-state index is 12.1. The molecule has 1 heterocycles. The number of nitrogens with zero attached hydrogens (tertiary/aromatic N) is 1. The van der Waals surface area contributed by atoms with Crippen molar-refractivity contribution in [2.24, 2.45) is 0 Å². The van der Waals surface area contributed by atoms with Gasteiger partial charge in [-0.15, -0.1) is 0 Å². The van der Waals surface area contributed by atoms with Gasteiger partial charge >= 0.3 is 0 Å². The first-order chi connectivity index (χ1) is 7.40. The molecule has 3 atom stereocenters. The summed E-state index contributed by atoms with van der Waals surface area (Å²) in [5, 5.41) is 3.32. The summed E-state index contributed by atoms with van der Waals surface area (Å²) in [7, 11) is -0.767. The predicted molar refractivity (Wildman–Crippen MR) is 66.6 cm³/mol. The quantitative estimate of drug-likeness (QED) is 0.777. The van der Waals surface area contributed by atoms with Gasteiger partial charge in [0.25, 0.3) is 0 Å². The van der Waals surface area contributed by atoms with Crippen LogP contribution >= 0.6 is 0 Å². The fourth-order valence-electron chi connectivity index (χ4n) is 2.08. The number of rotatable bonds is 5. The second-order valence-corrected chi connectivity index (χ2v) is 6.19. The Kier molecular flexibility index (Phi) is 4.50. The zero-order chi connectivity index (χ0) is 12.3. The monoisotopic (exact) mass is 246 g/mol. The van der Waals surface area contributed by atoms with E-state index in [0.717, 1.165) is 12.8 Å². The van der Waals surface area contributed by atoms with E-state index in [2.05, 4.69) is 5.32 Å². The standard InChI is InChI=1S/C11H22N2O2S/c1-5-11(3)10(14)13(9(2)12-11)7-6-8-16(4)15/h9,12H,5-8H2,1-4H3. The summed E-state index contributed by atoms with van der Waals surface area (Å²) in [5.41, 5.74) is -0.412. The van der Waals surface area contributed by atoms with E-state index < -0.39 is 16.3 Å². The number of hydrogen-bond acceptors (Lipinski definition) is 3. The highest BCUT2D eigenvalue weighted by molar-refractivity contribution is 7.84. The van der Waals surface area contributed by atoms with E-state index in [1.54, 1.807) is 6.26 Å². The van der Waals surface area contributed by atoms with Crippen LogP contribution < -0.4 is 5.32 Å². The van der Waals surface area contributed by atoms with Crippen molar-refractivity contribution in [3.63, 3.8) is 0 Å². The maximum Gasteiger partial charge on any atom is 0.243 e. The van der Waals surface area contributed by atoms with Crippen molar-refractivity contribution in [2.45, 2.75) is 45.3 Å². The Morgan fingerprint density at radius 3 is 2.62 bits per heavy atom. The Balaban J connectivity index is 2.54. The molecule has 0 saturated carbocycles. The molecule has 1 fully saturated rings. The molecule has 0 radical (unpaired) electrons. The topological polar surface area (TPSA) is 49.4 Å². The van der Waals surface area contributed by atoms with E-state index >= 15 is 0 Å². The minimum absolute atomic E-state index is 0.0859. The summed E-state index contributed by atoms with van der Waals surface area (Å²) in [4.78, 5) is 14.0. The van der Waals surface area contributed by atoms with Gasteiger partial charge < -0.3 is 4.90 Å². The molecule has 1 N–H and O–H groups in total. The van der Waals surface area contributed by atoms with E-state index in [1.165, 1.54) is 0 Å². The number of carbonyl (C=O) groups excluding carboxylic acids is 1. The van der Waals surface area contributed by atoms with Crippen molar-refractivity contribution < 1.29 is 9.00 Å². The highest BCUT2D eigenvalue weighted by atomic mass is 32.2. The van der Waals surface area contributed by atoms with Gasteiger partial charge in [-0.2, -0.15) is 0 Å². The molecule has 94 valence electrons. The van der Waals surface area contributed by atoms with Crippen molar-refractivity contribution in [2.75, 3.05) is 18.6 Å². The van der Waals surface area contributed by atoms with Crippen molar-refractivity contribution >= 4 is 16.7 Å². The van der Waals surface area contributed by atoms with Crippen LogP contribution in [-0.4, -0.2) is 45.3 Å². The van der Waals surface area contributed by atoms with Crippen LogP contribution in [0, 0.1) is 0 Å². The highest BCUT2D eigenvalue weighted by Gasteiger charge is 2.44. The first-order valence-electron chi connectivity index (χ1n) is 5.79. The molecular formula is C11H22N2O2S. The maximum atomic E-state index is 12.1. The van der Waals surface area contributed by atoms with Crippen LogP contribution in [-0.2, 0) is 15.6 Å². The van der Waals surface area contributed by atoms with Crippen LogP contribution in [0.3, 0.4) is 0 Å². The Labute approximate surface area is 100 Å². The van der Waals surface area contributed by atoms with E-state index in [9.17, 15) is 9.00 Å². The minimum atomic E-state index is -0.767. The van der Waals surface area contributed by atoms with Crippen LogP contribution in [0.2, 0.25) is 0 Å². The molecule has 0 aromatic carbocycles. The van der Waals surface area contributed by atoms with Gasteiger partial charge in [0.15, 0.2) is 0 Å². The molecule has 1 aliphatic rings. The summed E-state index contributed by atoms with van der Waals surface area (Å²) < 4.78 is 11.0. The molecule has 0 aliphatic carbocycles. The molecule has 1 rings (SSSR count).